The highest BCUT2D eigenvalue weighted by Gasteiger charge is 2.53. The Kier molecular flexibility index (Phi) is 6.21. The summed E-state index contributed by atoms with van der Waals surface area (Å²) in [6.07, 6.45) is -4.64. The molecule has 1 fully saturated rings. The van der Waals surface area contributed by atoms with Gasteiger partial charge in [-0.3, -0.25) is 4.79 Å². The van der Waals surface area contributed by atoms with Crippen molar-refractivity contribution in [1.82, 2.24) is 10.2 Å². The summed E-state index contributed by atoms with van der Waals surface area (Å²) in [5.41, 5.74) is 0. The molecule has 5 nitrogen and oxygen atoms in total. The fourth-order valence-corrected chi connectivity index (χ4v) is 3.61. The molecule has 0 saturated carbocycles. The number of benzene rings is 1. The quantitative estimate of drug-likeness (QED) is 0.775. The van der Waals surface area contributed by atoms with E-state index in [9.17, 15) is 22.8 Å². The van der Waals surface area contributed by atoms with E-state index in [2.05, 4.69) is 5.32 Å². The molecule has 2 amide bonds. The number of rotatable bonds is 5. The van der Waals surface area contributed by atoms with Crippen molar-refractivity contribution in [2.45, 2.75) is 23.2 Å². The van der Waals surface area contributed by atoms with Crippen molar-refractivity contribution >= 4 is 23.8 Å². The molecule has 1 heterocycles. The normalized spacial score (nSPS) is 21.8. The SMILES string of the molecule is CC(CNC(=O)N1C[C@@H](C(F)(F)F)[C@H](C(=O)O)C1)Sc1ccccc1. The highest BCUT2D eigenvalue weighted by molar-refractivity contribution is 8.00. The summed E-state index contributed by atoms with van der Waals surface area (Å²) < 4.78 is 38.8. The molecule has 2 rings (SSSR count). The molecular weight excluding hydrogens is 357 g/mol. The van der Waals surface area contributed by atoms with Crippen LogP contribution in [0.5, 0.6) is 0 Å². The lowest BCUT2D eigenvalue weighted by molar-refractivity contribution is -0.187. The Morgan fingerprint density at radius 3 is 2.48 bits per heavy atom. The highest BCUT2D eigenvalue weighted by atomic mass is 32.2. The topological polar surface area (TPSA) is 69.6 Å². The molecule has 1 aliphatic heterocycles. The van der Waals surface area contributed by atoms with Gasteiger partial charge in [0.15, 0.2) is 0 Å². The van der Waals surface area contributed by atoms with Crippen LogP contribution in [0.25, 0.3) is 0 Å². The smallest absolute Gasteiger partial charge is 0.394 e. The van der Waals surface area contributed by atoms with Gasteiger partial charge < -0.3 is 15.3 Å². The Balaban J connectivity index is 1.87. The van der Waals surface area contributed by atoms with Crippen molar-refractivity contribution in [3.05, 3.63) is 30.3 Å². The molecule has 0 aromatic heterocycles. The van der Waals surface area contributed by atoms with Gasteiger partial charge in [0, 0.05) is 29.8 Å². The molecule has 0 aliphatic carbocycles. The average Bonchev–Trinajstić information content (AvgIpc) is 2.99. The predicted molar refractivity (Wildman–Crippen MR) is 87.4 cm³/mol. The van der Waals surface area contributed by atoms with Gasteiger partial charge in [0.25, 0.3) is 0 Å². The maximum Gasteiger partial charge on any atom is 0.394 e. The number of halogens is 3. The van der Waals surface area contributed by atoms with Crippen molar-refractivity contribution in [3.63, 3.8) is 0 Å². The highest BCUT2D eigenvalue weighted by Crippen LogP contribution is 2.37. The maximum absolute atomic E-state index is 12.9. The van der Waals surface area contributed by atoms with Crippen molar-refractivity contribution in [3.8, 4) is 0 Å². The first-order valence-corrected chi connectivity index (χ1v) is 8.60. The van der Waals surface area contributed by atoms with E-state index in [1.54, 1.807) is 0 Å². The standard InChI is InChI=1S/C16H19F3N2O3S/c1-10(25-11-5-3-2-4-6-11)7-20-15(24)21-8-12(14(22)23)13(9-21)16(17,18)19/h2-6,10,12-13H,7-9H2,1H3,(H,20,24)(H,22,23)/t10?,12-,13-/m1/s1. The van der Waals surface area contributed by atoms with Crippen LogP contribution in [0.3, 0.4) is 0 Å². The Morgan fingerprint density at radius 2 is 1.96 bits per heavy atom. The van der Waals surface area contributed by atoms with Crippen molar-refractivity contribution < 1.29 is 27.9 Å². The van der Waals surface area contributed by atoms with E-state index in [0.717, 1.165) is 9.80 Å². The molecule has 1 unspecified atom stereocenters. The van der Waals surface area contributed by atoms with Crippen LogP contribution < -0.4 is 5.32 Å². The molecule has 3 atom stereocenters. The third-order valence-corrected chi connectivity index (χ3v) is 5.08. The Hall–Kier alpha value is -1.90. The summed E-state index contributed by atoms with van der Waals surface area (Å²) in [6.45, 7) is 1.09. The molecule has 2 N–H and O–H groups in total. The number of amides is 2. The molecule has 1 saturated heterocycles. The molecule has 1 aromatic carbocycles. The van der Waals surface area contributed by atoms with E-state index < -0.39 is 43.1 Å². The Bertz CT molecular complexity index is 612. The molecule has 138 valence electrons. The molecule has 1 aliphatic rings. The number of urea groups is 1. The molecule has 9 heteroatoms. The van der Waals surface area contributed by atoms with Crippen molar-refractivity contribution in [2.75, 3.05) is 19.6 Å². The third-order valence-electron chi connectivity index (χ3n) is 3.97. The van der Waals surface area contributed by atoms with E-state index in [0.29, 0.717) is 0 Å². The van der Waals surface area contributed by atoms with E-state index >= 15 is 0 Å². The van der Waals surface area contributed by atoms with Gasteiger partial charge in [0.1, 0.15) is 0 Å². The van der Waals surface area contributed by atoms with E-state index in [-0.39, 0.29) is 11.8 Å². The van der Waals surface area contributed by atoms with Gasteiger partial charge in [-0.15, -0.1) is 11.8 Å². The van der Waals surface area contributed by atoms with Gasteiger partial charge in [-0.25, -0.2) is 4.79 Å². The molecule has 0 radical (unpaired) electrons. The van der Waals surface area contributed by atoms with Gasteiger partial charge in [-0.1, -0.05) is 25.1 Å². The van der Waals surface area contributed by atoms with Crippen LogP contribution in [0.15, 0.2) is 35.2 Å². The van der Waals surface area contributed by atoms with Gasteiger partial charge in [0.2, 0.25) is 0 Å². The fourth-order valence-electron chi connectivity index (χ4n) is 2.67. The summed E-state index contributed by atoms with van der Waals surface area (Å²) in [5, 5.41) is 11.6. The minimum Gasteiger partial charge on any atom is -0.481 e. The molecule has 0 spiro atoms. The minimum atomic E-state index is -4.64. The lowest BCUT2D eigenvalue weighted by Crippen LogP contribution is -2.41. The number of nitrogens with zero attached hydrogens (tertiary/aromatic N) is 1. The average molecular weight is 376 g/mol. The monoisotopic (exact) mass is 376 g/mol. The van der Waals surface area contributed by atoms with E-state index in [1.807, 2.05) is 37.3 Å². The number of alkyl halides is 3. The third kappa shape index (κ3) is 5.29. The zero-order chi connectivity index (χ0) is 18.6. The largest absolute Gasteiger partial charge is 0.481 e. The number of nitrogens with one attached hydrogen (secondary N) is 1. The lowest BCUT2D eigenvalue weighted by atomic mass is 9.96. The summed E-state index contributed by atoms with van der Waals surface area (Å²) >= 11 is 1.53. The number of likely N-dealkylation sites (tertiary alicyclic amines) is 1. The zero-order valence-corrected chi connectivity index (χ0v) is 14.3. The van der Waals surface area contributed by atoms with E-state index in [1.165, 1.54) is 11.8 Å². The number of thioether (sulfide) groups is 1. The van der Waals surface area contributed by atoms with Crippen molar-refractivity contribution in [1.29, 1.82) is 0 Å². The molecular formula is C16H19F3N2O3S. The lowest BCUT2D eigenvalue weighted by Gasteiger charge is -2.20. The second-order valence-corrected chi connectivity index (χ2v) is 7.44. The number of hydrogen-bond acceptors (Lipinski definition) is 3. The number of carboxylic acid groups (broad SMARTS) is 1. The van der Waals surface area contributed by atoms with Crippen LogP contribution in [0.1, 0.15) is 6.92 Å². The zero-order valence-electron chi connectivity index (χ0n) is 13.5. The minimum absolute atomic E-state index is 0.0163. The summed E-state index contributed by atoms with van der Waals surface area (Å²) in [5.74, 6) is -5.20. The van der Waals surface area contributed by atoms with Crippen LogP contribution in [0, 0.1) is 11.8 Å². The Labute approximate surface area is 147 Å². The first-order valence-electron chi connectivity index (χ1n) is 7.72. The number of carboxylic acids is 1. The summed E-state index contributed by atoms with van der Waals surface area (Å²) in [4.78, 5) is 25.1. The summed E-state index contributed by atoms with van der Waals surface area (Å²) in [6, 6.07) is 8.85. The van der Waals surface area contributed by atoms with Gasteiger partial charge in [0.05, 0.1) is 11.8 Å². The van der Waals surface area contributed by atoms with Crippen LogP contribution in [0.2, 0.25) is 0 Å². The van der Waals surface area contributed by atoms with E-state index in [4.69, 9.17) is 5.11 Å². The molecule has 25 heavy (non-hydrogen) atoms. The van der Waals surface area contributed by atoms with Crippen molar-refractivity contribution in [2.24, 2.45) is 11.8 Å². The van der Waals surface area contributed by atoms with Crippen LogP contribution in [-0.2, 0) is 4.79 Å². The number of aliphatic carboxylic acids is 1. The maximum atomic E-state index is 12.9. The Morgan fingerprint density at radius 1 is 1.32 bits per heavy atom. The second kappa shape index (κ2) is 7.99. The molecule has 0 bridgehead atoms. The first kappa shape index (κ1) is 19.4. The second-order valence-electron chi connectivity index (χ2n) is 5.93. The van der Waals surface area contributed by atoms with Crippen LogP contribution in [-0.4, -0.2) is 53.1 Å². The van der Waals surface area contributed by atoms with Gasteiger partial charge in [-0.2, -0.15) is 13.2 Å². The summed E-state index contributed by atoms with van der Waals surface area (Å²) in [7, 11) is 0. The van der Waals surface area contributed by atoms with Crippen LogP contribution in [0.4, 0.5) is 18.0 Å². The predicted octanol–water partition coefficient (Wildman–Crippen LogP) is 3.07. The van der Waals surface area contributed by atoms with Gasteiger partial charge in [-0.05, 0) is 12.1 Å². The number of carbonyl (C=O) groups excluding carboxylic acids is 1. The van der Waals surface area contributed by atoms with Gasteiger partial charge >= 0.3 is 18.2 Å². The molecule has 1 aromatic rings. The first-order chi connectivity index (χ1) is 11.7. The number of hydrogen-bond donors (Lipinski definition) is 2. The fraction of sp³-hybridized carbons (Fsp3) is 0.500. The van der Waals surface area contributed by atoms with Crippen LogP contribution >= 0.6 is 11.8 Å². The number of carbonyl (C=O) groups is 2.